The van der Waals surface area contributed by atoms with Crippen LogP contribution in [0.25, 0.3) is 0 Å². The van der Waals surface area contributed by atoms with Crippen LogP contribution in [0.1, 0.15) is 48.5 Å². The molecule has 0 spiro atoms. The lowest BCUT2D eigenvalue weighted by molar-refractivity contribution is -0.142. The molecule has 17 heavy (non-hydrogen) atoms. The average Bonchev–Trinajstić information content (AvgIpc) is 2.10. The fraction of sp³-hybridized carbons (Fsp3) is 0.846. The third-order valence-corrected chi connectivity index (χ3v) is 2.29. The minimum Gasteiger partial charge on any atom is -0.355 e. The molecule has 0 aromatic rings. The van der Waals surface area contributed by atoms with Crippen LogP contribution < -0.4 is 10.6 Å². The first-order valence-electron chi connectivity index (χ1n) is 6.07. The van der Waals surface area contributed by atoms with E-state index in [1.165, 1.54) is 0 Å². The van der Waals surface area contributed by atoms with Crippen LogP contribution in [-0.4, -0.2) is 23.9 Å². The smallest absolute Gasteiger partial charge is 0.235 e. The van der Waals surface area contributed by atoms with Gasteiger partial charge < -0.3 is 10.6 Å². The molecular formula is C13H26N2O2. The molecule has 4 nitrogen and oxygen atoms in total. The van der Waals surface area contributed by atoms with Gasteiger partial charge in [-0.15, -0.1) is 0 Å². The summed E-state index contributed by atoms with van der Waals surface area (Å²) < 4.78 is 0. The molecular weight excluding hydrogens is 216 g/mol. The Balaban J connectivity index is 4.54. The molecule has 0 unspecified atom stereocenters. The Labute approximate surface area is 105 Å². The van der Waals surface area contributed by atoms with Crippen molar-refractivity contribution in [2.24, 2.45) is 11.3 Å². The summed E-state index contributed by atoms with van der Waals surface area (Å²) >= 11 is 0. The van der Waals surface area contributed by atoms with Gasteiger partial charge in [-0.2, -0.15) is 0 Å². The highest BCUT2D eigenvalue weighted by molar-refractivity contribution is 6.04. The first-order chi connectivity index (χ1) is 7.47. The Morgan fingerprint density at radius 1 is 1.00 bits per heavy atom. The second-order valence-corrected chi connectivity index (χ2v) is 6.43. The van der Waals surface area contributed by atoms with Crippen LogP contribution in [0.3, 0.4) is 0 Å². The van der Waals surface area contributed by atoms with Crippen molar-refractivity contribution >= 4 is 11.8 Å². The van der Waals surface area contributed by atoms with Gasteiger partial charge in [-0.3, -0.25) is 9.59 Å². The maximum Gasteiger partial charge on any atom is 0.235 e. The number of amides is 2. The lowest BCUT2D eigenvalue weighted by Crippen LogP contribution is -2.53. The van der Waals surface area contributed by atoms with Crippen molar-refractivity contribution in [1.82, 2.24) is 10.6 Å². The zero-order valence-electron chi connectivity index (χ0n) is 12.1. The Kier molecular flexibility index (Phi) is 5.17. The van der Waals surface area contributed by atoms with Gasteiger partial charge in [-0.05, 0) is 40.5 Å². The zero-order chi connectivity index (χ0) is 13.9. The lowest BCUT2D eigenvalue weighted by atomic mass is 9.89. The number of nitrogens with one attached hydrogen (secondary N) is 2. The maximum absolute atomic E-state index is 12.0. The van der Waals surface area contributed by atoms with Gasteiger partial charge >= 0.3 is 0 Å². The number of hydrogen-bond donors (Lipinski definition) is 2. The van der Waals surface area contributed by atoms with Crippen molar-refractivity contribution in [2.45, 2.75) is 54.0 Å². The minimum absolute atomic E-state index is 0.229. The quantitative estimate of drug-likeness (QED) is 0.737. The second kappa shape index (κ2) is 5.52. The second-order valence-electron chi connectivity index (χ2n) is 6.43. The predicted octanol–water partition coefficient (Wildman–Crippen LogP) is 1.70. The molecule has 0 saturated carbocycles. The molecule has 0 aliphatic rings. The average molecular weight is 242 g/mol. The SMILES string of the molecule is CC(C)CNC(=O)C(C)(C)C(=O)NC(C)(C)C. The van der Waals surface area contributed by atoms with E-state index in [2.05, 4.69) is 10.6 Å². The van der Waals surface area contributed by atoms with E-state index in [-0.39, 0.29) is 17.4 Å². The summed E-state index contributed by atoms with van der Waals surface area (Å²) in [5, 5.41) is 5.62. The molecule has 0 aliphatic carbocycles. The third-order valence-electron chi connectivity index (χ3n) is 2.29. The van der Waals surface area contributed by atoms with Gasteiger partial charge in [-0.1, -0.05) is 13.8 Å². The summed E-state index contributed by atoms with van der Waals surface area (Å²) in [4.78, 5) is 23.9. The van der Waals surface area contributed by atoms with E-state index >= 15 is 0 Å². The topological polar surface area (TPSA) is 58.2 Å². The van der Waals surface area contributed by atoms with E-state index in [4.69, 9.17) is 0 Å². The Morgan fingerprint density at radius 3 is 1.82 bits per heavy atom. The van der Waals surface area contributed by atoms with E-state index in [1.807, 2.05) is 34.6 Å². The Morgan fingerprint density at radius 2 is 1.47 bits per heavy atom. The van der Waals surface area contributed by atoms with Crippen LogP contribution in [-0.2, 0) is 9.59 Å². The number of carbonyl (C=O) groups excluding carboxylic acids is 2. The lowest BCUT2D eigenvalue weighted by Gasteiger charge is -2.28. The summed E-state index contributed by atoms with van der Waals surface area (Å²) in [6, 6.07) is 0. The van der Waals surface area contributed by atoms with Crippen molar-refractivity contribution < 1.29 is 9.59 Å². The van der Waals surface area contributed by atoms with Gasteiger partial charge in [0.25, 0.3) is 0 Å². The summed E-state index contributed by atoms with van der Waals surface area (Å²) in [6.07, 6.45) is 0. The van der Waals surface area contributed by atoms with Crippen molar-refractivity contribution in [3.63, 3.8) is 0 Å². The highest BCUT2D eigenvalue weighted by atomic mass is 16.2. The van der Waals surface area contributed by atoms with Crippen LogP contribution in [0.4, 0.5) is 0 Å². The van der Waals surface area contributed by atoms with Gasteiger partial charge in [0.05, 0.1) is 0 Å². The van der Waals surface area contributed by atoms with E-state index in [0.717, 1.165) is 0 Å². The van der Waals surface area contributed by atoms with E-state index in [9.17, 15) is 9.59 Å². The standard InChI is InChI=1S/C13H26N2O2/c1-9(2)8-14-10(16)13(6,7)11(17)15-12(3,4)5/h9H,8H2,1-7H3,(H,14,16)(H,15,17). The molecule has 0 rings (SSSR count). The van der Waals surface area contributed by atoms with Crippen molar-refractivity contribution in [3.05, 3.63) is 0 Å². The van der Waals surface area contributed by atoms with Crippen molar-refractivity contribution in [3.8, 4) is 0 Å². The van der Waals surface area contributed by atoms with Crippen LogP contribution >= 0.6 is 0 Å². The Bertz CT molecular complexity index is 288. The number of rotatable bonds is 4. The first kappa shape index (κ1) is 15.9. The highest BCUT2D eigenvalue weighted by Gasteiger charge is 2.37. The van der Waals surface area contributed by atoms with Gasteiger partial charge in [0.1, 0.15) is 5.41 Å². The van der Waals surface area contributed by atoms with Crippen LogP contribution in [0.2, 0.25) is 0 Å². The summed E-state index contributed by atoms with van der Waals surface area (Å²) in [5.74, 6) is -0.0976. The van der Waals surface area contributed by atoms with Gasteiger partial charge in [-0.25, -0.2) is 0 Å². The first-order valence-corrected chi connectivity index (χ1v) is 6.07. The molecule has 0 atom stereocenters. The van der Waals surface area contributed by atoms with Gasteiger partial charge in [0.15, 0.2) is 0 Å². The molecule has 0 aromatic heterocycles. The van der Waals surface area contributed by atoms with E-state index in [1.54, 1.807) is 13.8 Å². The van der Waals surface area contributed by atoms with Crippen LogP contribution in [0.5, 0.6) is 0 Å². The van der Waals surface area contributed by atoms with Crippen LogP contribution in [0.15, 0.2) is 0 Å². The largest absolute Gasteiger partial charge is 0.355 e. The monoisotopic (exact) mass is 242 g/mol. The molecule has 0 heterocycles. The molecule has 2 amide bonds. The molecule has 0 bridgehead atoms. The fourth-order valence-corrected chi connectivity index (χ4v) is 1.12. The molecule has 0 saturated heterocycles. The molecule has 0 radical (unpaired) electrons. The number of carbonyl (C=O) groups is 2. The summed E-state index contributed by atoms with van der Waals surface area (Å²) in [6.45, 7) is 13.6. The highest BCUT2D eigenvalue weighted by Crippen LogP contribution is 2.17. The van der Waals surface area contributed by atoms with E-state index < -0.39 is 5.41 Å². The summed E-state index contributed by atoms with van der Waals surface area (Å²) in [5.41, 5.74) is -1.37. The molecule has 0 fully saturated rings. The fourth-order valence-electron chi connectivity index (χ4n) is 1.12. The van der Waals surface area contributed by atoms with Gasteiger partial charge in [0, 0.05) is 12.1 Å². The normalized spacial score (nSPS) is 12.5. The van der Waals surface area contributed by atoms with E-state index in [0.29, 0.717) is 12.5 Å². The minimum atomic E-state index is -1.04. The molecule has 0 aromatic carbocycles. The Hall–Kier alpha value is -1.06. The van der Waals surface area contributed by atoms with Crippen molar-refractivity contribution in [2.75, 3.05) is 6.54 Å². The van der Waals surface area contributed by atoms with Gasteiger partial charge in [0.2, 0.25) is 11.8 Å². The molecule has 4 heteroatoms. The zero-order valence-corrected chi connectivity index (χ0v) is 12.1. The molecule has 2 N–H and O–H groups in total. The van der Waals surface area contributed by atoms with Crippen LogP contribution in [0, 0.1) is 11.3 Å². The predicted molar refractivity (Wildman–Crippen MR) is 69.5 cm³/mol. The summed E-state index contributed by atoms with van der Waals surface area (Å²) in [7, 11) is 0. The van der Waals surface area contributed by atoms with Crippen molar-refractivity contribution in [1.29, 1.82) is 0 Å². The maximum atomic E-state index is 12.0. The molecule has 100 valence electrons. The third kappa shape index (κ3) is 5.71. The molecule has 0 aliphatic heterocycles. The number of hydrogen-bond acceptors (Lipinski definition) is 2.